The first-order chi connectivity index (χ1) is 11.7. The molecule has 2 atom stereocenters. The molecule has 2 saturated carbocycles. The average molecular weight is 331 g/mol. The van der Waals surface area contributed by atoms with Crippen molar-refractivity contribution in [3.63, 3.8) is 0 Å². The van der Waals surface area contributed by atoms with Gasteiger partial charge in [0.25, 0.3) is 0 Å². The molecule has 134 valence electrons. The van der Waals surface area contributed by atoms with Crippen LogP contribution >= 0.6 is 0 Å². The van der Waals surface area contributed by atoms with E-state index in [-0.39, 0.29) is 11.7 Å². The van der Waals surface area contributed by atoms with Gasteiger partial charge in [-0.15, -0.1) is 5.92 Å². The van der Waals surface area contributed by atoms with E-state index in [1.165, 1.54) is 19.3 Å². The minimum absolute atomic E-state index is 0.131. The van der Waals surface area contributed by atoms with E-state index < -0.39 is 5.41 Å². The SMILES string of the molecule is CCCCCCC#CC1(C2CCCCCC2=O)CCCCCC1=O. The Bertz CT molecular complexity index is 482. The number of Topliss-reactive ketones (excluding diaryl/α,β-unsaturated/α-hetero) is 2. The highest BCUT2D eigenvalue weighted by Crippen LogP contribution is 2.43. The van der Waals surface area contributed by atoms with E-state index in [0.717, 1.165) is 64.2 Å². The van der Waals surface area contributed by atoms with Crippen LogP contribution in [-0.2, 0) is 9.59 Å². The summed E-state index contributed by atoms with van der Waals surface area (Å²) in [7, 11) is 0. The maximum atomic E-state index is 13.0. The Morgan fingerprint density at radius 1 is 0.958 bits per heavy atom. The van der Waals surface area contributed by atoms with Gasteiger partial charge in [-0.3, -0.25) is 9.59 Å². The summed E-state index contributed by atoms with van der Waals surface area (Å²) in [4.78, 5) is 25.7. The molecule has 0 aromatic heterocycles. The highest BCUT2D eigenvalue weighted by Gasteiger charge is 2.47. The van der Waals surface area contributed by atoms with Crippen molar-refractivity contribution in [2.75, 3.05) is 0 Å². The van der Waals surface area contributed by atoms with Gasteiger partial charge in [0.05, 0.1) is 5.41 Å². The first-order valence-corrected chi connectivity index (χ1v) is 10.3. The third-order valence-corrected chi connectivity index (χ3v) is 5.84. The van der Waals surface area contributed by atoms with Crippen molar-refractivity contribution in [2.24, 2.45) is 11.3 Å². The van der Waals surface area contributed by atoms with E-state index in [4.69, 9.17) is 0 Å². The van der Waals surface area contributed by atoms with Crippen LogP contribution in [0.3, 0.4) is 0 Å². The molecule has 0 aliphatic heterocycles. The minimum Gasteiger partial charge on any atom is -0.299 e. The molecular weight excluding hydrogens is 296 g/mol. The van der Waals surface area contributed by atoms with Gasteiger partial charge in [-0.25, -0.2) is 0 Å². The van der Waals surface area contributed by atoms with Crippen molar-refractivity contribution in [3.05, 3.63) is 0 Å². The molecule has 0 aromatic rings. The van der Waals surface area contributed by atoms with E-state index in [2.05, 4.69) is 18.8 Å². The zero-order valence-electron chi connectivity index (χ0n) is 15.5. The number of carbonyl (C=O) groups excluding carboxylic acids is 2. The second-order valence-corrected chi connectivity index (χ2v) is 7.69. The molecule has 0 heterocycles. The molecule has 0 aromatic carbocycles. The molecule has 2 nitrogen and oxygen atoms in total. The number of ketones is 2. The lowest BCUT2D eigenvalue weighted by molar-refractivity contribution is -0.136. The molecule has 2 aliphatic carbocycles. The average Bonchev–Trinajstić information content (AvgIpc) is 2.90. The molecule has 0 saturated heterocycles. The van der Waals surface area contributed by atoms with Crippen LogP contribution in [0.1, 0.15) is 103 Å². The molecule has 2 aliphatic rings. The Hall–Kier alpha value is -1.10. The first-order valence-electron chi connectivity index (χ1n) is 10.3. The predicted molar refractivity (Wildman–Crippen MR) is 98.6 cm³/mol. The summed E-state index contributed by atoms with van der Waals surface area (Å²) < 4.78 is 0. The highest BCUT2D eigenvalue weighted by atomic mass is 16.1. The summed E-state index contributed by atoms with van der Waals surface area (Å²) in [5, 5.41) is 0. The van der Waals surface area contributed by atoms with Gasteiger partial charge in [0.15, 0.2) is 5.78 Å². The van der Waals surface area contributed by atoms with Crippen LogP contribution < -0.4 is 0 Å². The fourth-order valence-corrected chi connectivity index (χ4v) is 4.36. The quantitative estimate of drug-likeness (QED) is 0.372. The Labute approximate surface area is 148 Å². The van der Waals surface area contributed by atoms with E-state index >= 15 is 0 Å². The lowest BCUT2D eigenvalue weighted by Gasteiger charge is -2.33. The van der Waals surface area contributed by atoms with Gasteiger partial charge in [0.2, 0.25) is 0 Å². The fourth-order valence-electron chi connectivity index (χ4n) is 4.36. The largest absolute Gasteiger partial charge is 0.299 e. The van der Waals surface area contributed by atoms with Crippen LogP contribution in [0.15, 0.2) is 0 Å². The summed E-state index contributed by atoms with van der Waals surface area (Å²) in [6.07, 6.45) is 14.9. The Morgan fingerprint density at radius 3 is 2.58 bits per heavy atom. The lowest BCUT2D eigenvalue weighted by atomic mass is 9.66. The van der Waals surface area contributed by atoms with Crippen LogP contribution in [0.5, 0.6) is 0 Å². The number of hydrogen-bond donors (Lipinski definition) is 0. The van der Waals surface area contributed by atoms with Crippen LogP contribution in [0.25, 0.3) is 0 Å². The Balaban J connectivity index is 2.19. The highest BCUT2D eigenvalue weighted by molar-refractivity contribution is 5.95. The molecule has 2 fully saturated rings. The van der Waals surface area contributed by atoms with E-state index in [0.29, 0.717) is 18.6 Å². The topological polar surface area (TPSA) is 34.1 Å². The van der Waals surface area contributed by atoms with E-state index in [1.807, 2.05) is 0 Å². The van der Waals surface area contributed by atoms with Crippen molar-refractivity contribution in [1.29, 1.82) is 0 Å². The van der Waals surface area contributed by atoms with Crippen LogP contribution in [-0.4, -0.2) is 11.6 Å². The molecular formula is C22H34O2. The summed E-state index contributed by atoms with van der Waals surface area (Å²) in [5.41, 5.74) is -0.650. The Morgan fingerprint density at radius 2 is 1.75 bits per heavy atom. The van der Waals surface area contributed by atoms with Gasteiger partial charge in [-0.2, -0.15) is 0 Å². The minimum atomic E-state index is -0.650. The first kappa shape index (κ1) is 19.2. The van der Waals surface area contributed by atoms with Gasteiger partial charge in [0, 0.05) is 25.2 Å². The summed E-state index contributed by atoms with van der Waals surface area (Å²) in [6.45, 7) is 2.21. The predicted octanol–water partition coefficient (Wildman–Crippen LogP) is 5.63. The third kappa shape index (κ3) is 4.95. The third-order valence-electron chi connectivity index (χ3n) is 5.84. The number of carbonyl (C=O) groups is 2. The van der Waals surface area contributed by atoms with Gasteiger partial charge < -0.3 is 0 Å². The van der Waals surface area contributed by atoms with Gasteiger partial charge in [-0.05, 0) is 32.1 Å². The summed E-state index contributed by atoms with van der Waals surface area (Å²) in [6, 6.07) is 0. The second-order valence-electron chi connectivity index (χ2n) is 7.69. The zero-order valence-corrected chi connectivity index (χ0v) is 15.5. The smallest absolute Gasteiger partial charge is 0.151 e. The molecule has 24 heavy (non-hydrogen) atoms. The summed E-state index contributed by atoms with van der Waals surface area (Å²) in [5.74, 6) is 7.18. The van der Waals surface area contributed by atoms with Gasteiger partial charge >= 0.3 is 0 Å². The molecule has 2 rings (SSSR count). The van der Waals surface area contributed by atoms with E-state index in [9.17, 15) is 9.59 Å². The molecule has 2 heteroatoms. The van der Waals surface area contributed by atoms with Crippen molar-refractivity contribution >= 4 is 11.6 Å². The Kier molecular flexibility index (Phi) is 8.03. The maximum Gasteiger partial charge on any atom is 0.151 e. The number of rotatable bonds is 5. The van der Waals surface area contributed by atoms with Crippen LogP contribution in [0, 0.1) is 23.2 Å². The van der Waals surface area contributed by atoms with Gasteiger partial charge in [0.1, 0.15) is 5.78 Å². The molecule has 0 radical (unpaired) electrons. The summed E-state index contributed by atoms with van der Waals surface area (Å²) >= 11 is 0. The fraction of sp³-hybridized carbons (Fsp3) is 0.818. The van der Waals surface area contributed by atoms with Crippen molar-refractivity contribution in [3.8, 4) is 11.8 Å². The van der Waals surface area contributed by atoms with Gasteiger partial charge in [-0.1, -0.05) is 57.8 Å². The lowest BCUT2D eigenvalue weighted by Crippen LogP contribution is -2.41. The second kappa shape index (κ2) is 10.0. The zero-order chi connectivity index (χ0) is 17.3. The van der Waals surface area contributed by atoms with E-state index in [1.54, 1.807) is 0 Å². The molecule has 0 amide bonds. The van der Waals surface area contributed by atoms with Crippen LogP contribution in [0.4, 0.5) is 0 Å². The van der Waals surface area contributed by atoms with Crippen molar-refractivity contribution in [1.82, 2.24) is 0 Å². The number of hydrogen-bond acceptors (Lipinski definition) is 2. The molecule has 0 N–H and O–H groups in total. The standard InChI is InChI=1S/C22H34O2/c1-2-3-4-5-6-12-17-22(18-13-8-11-16-21(22)24)19-14-9-7-10-15-20(19)23/h19H,2-11,13-16,18H2,1H3. The van der Waals surface area contributed by atoms with Crippen LogP contribution in [0.2, 0.25) is 0 Å². The van der Waals surface area contributed by atoms with Crippen molar-refractivity contribution < 1.29 is 9.59 Å². The number of unbranched alkanes of at least 4 members (excludes halogenated alkanes) is 4. The van der Waals surface area contributed by atoms with Crippen molar-refractivity contribution in [2.45, 2.75) is 103 Å². The normalized spacial score (nSPS) is 28.6. The molecule has 0 spiro atoms. The molecule has 0 bridgehead atoms. The maximum absolute atomic E-state index is 13.0. The monoisotopic (exact) mass is 330 g/mol. The molecule has 2 unspecified atom stereocenters.